The Labute approximate surface area is 189 Å². The Kier molecular flexibility index (Phi) is 9.01. The van der Waals surface area contributed by atoms with Crippen molar-refractivity contribution in [2.75, 3.05) is 26.2 Å². The Balaban J connectivity index is 2.44. The Morgan fingerprint density at radius 2 is 1.03 bits per heavy atom. The molecule has 0 aliphatic heterocycles. The van der Waals surface area contributed by atoms with Gasteiger partial charge in [0.15, 0.2) is 0 Å². The van der Waals surface area contributed by atoms with Gasteiger partial charge in [0.2, 0.25) is 0 Å². The van der Waals surface area contributed by atoms with Crippen LogP contribution in [0.15, 0.2) is 36.4 Å². The van der Waals surface area contributed by atoms with E-state index in [1.54, 1.807) is 12.1 Å². The van der Waals surface area contributed by atoms with Crippen LogP contribution in [0.5, 0.6) is 0 Å². The van der Waals surface area contributed by atoms with Gasteiger partial charge < -0.3 is 20.4 Å². The Morgan fingerprint density at radius 3 is 1.36 bits per heavy atom. The van der Waals surface area contributed by atoms with Crippen LogP contribution >= 0.6 is 0 Å². The van der Waals surface area contributed by atoms with Crippen LogP contribution in [0.4, 0.5) is 0 Å². The quantitative estimate of drug-likeness (QED) is 0.337. The van der Waals surface area contributed by atoms with Crippen LogP contribution in [0, 0.1) is 6.92 Å². The standard InChI is InChI=1S/C22H25N3O8/c1-14-2-4-15(5-3-14)16-6-17(8-24(10-19(26)27)11-20(28)29)23-18(7-16)9-25(12-21(30)31)13-22(32)33/h2-7H,8-13H2,1H3,(H,26,27)(H,28,29)(H,30,31)(H,32,33). The predicted octanol–water partition coefficient (Wildman–Crippen LogP) is 0.999. The largest absolute Gasteiger partial charge is 0.480 e. The van der Waals surface area contributed by atoms with Crippen molar-refractivity contribution in [2.24, 2.45) is 0 Å². The van der Waals surface area contributed by atoms with E-state index in [9.17, 15) is 19.2 Å². The number of carboxylic acid groups (broad SMARTS) is 4. The number of pyridine rings is 1. The molecule has 0 aliphatic carbocycles. The topological polar surface area (TPSA) is 169 Å². The van der Waals surface area contributed by atoms with Crippen molar-refractivity contribution in [2.45, 2.75) is 20.0 Å². The first kappa shape index (κ1) is 25.4. The van der Waals surface area contributed by atoms with Gasteiger partial charge in [-0.2, -0.15) is 0 Å². The summed E-state index contributed by atoms with van der Waals surface area (Å²) in [6, 6.07) is 10.9. The Bertz CT molecular complexity index is 935. The third kappa shape index (κ3) is 9.05. The molecular weight excluding hydrogens is 434 g/mol. The molecule has 0 radical (unpaired) electrons. The molecule has 33 heavy (non-hydrogen) atoms. The fourth-order valence-corrected chi connectivity index (χ4v) is 3.28. The number of aromatic nitrogens is 1. The molecule has 0 unspecified atom stereocenters. The molecule has 0 saturated heterocycles. The van der Waals surface area contributed by atoms with Crippen molar-refractivity contribution >= 4 is 23.9 Å². The maximum Gasteiger partial charge on any atom is 0.317 e. The molecule has 4 N–H and O–H groups in total. The monoisotopic (exact) mass is 459 g/mol. The van der Waals surface area contributed by atoms with Crippen molar-refractivity contribution < 1.29 is 39.6 Å². The summed E-state index contributed by atoms with van der Waals surface area (Å²) < 4.78 is 0. The van der Waals surface area contributed by atoms with Crippen LogP contribution in [0.25, 0.3) is 11.1 Å². The molecule has 176 valence electrons. The number of aryl methyl sites for hydroxylation is 1. The summed E-state index contributed by atoms with van der Waals surface area (Å²) in [4.78, 5) is 51.4. The number of rotatable bonds is 13. The first-order valence-electron chi connectivity index (χ1n) is 9.90. The molecule has 0 saturated carbocycles. The molecule has 1 heterocycles. The molecule has 0 atom stereocenters. The van der Waals surface area contributed by atoms with Gasteiger partial charge in [-0.15, -0.1) is 0 Å². The van der Waals surface area contributed by atoms with E-state index in [4.69, 9.17) is 20.4 Å². The minimum absolute atomic E-state index is 0.0802. The molecule has 0 bridgehead atoms. The maximum atomic E-state index is 11.1. The van der Waals surface area contributed by atoms with E-state index in [1.807, 2.05) is 31.2 Å². The molecule has 1 aromatic heterocycles. The molecule has 11 heteroatoms. The average Bonchev–Trinajstić information content (AvgIpc) is 2.66. The van der Waals surface area contributed by atoms with Crippen LogP contribution in [-0.2, 0) is 32.3 Å². The minimum atomic E-state index is -1.19. The summed E-state index contributed by atoms with van der Waals surface area (Å²) >= 11 is 0. The highest BCUT2D eigenvalue weighted by Crippen LogP contribution is 2.23. The van der Waals surface area contributed by atoms with Gasteiger partial charge in [0.05, 0.1) is 37.6 Å². The molecule has 0 aliphatic rings. The zero-order valence-corrected chi connectivity index (χ0v) is 18.0. The van der Waals surface area contributed by atoms with E-state index in [-0.39, 0.29) is 13.1 Å². The SMILES string of the molecule is Cc1ccc(-c2cc(CN(CC(=O)O)CC(=O)O)nc(CN(CC(=O)O)CC(=O)O)c2)cc1. The van der Waals surface area contributed by atoms with Crippen molar-refractivity contribution in [3.05, 3.63) is 53.3 Å². The molecule has 1 aromatic carbocycles. The van der Waals surface area contributed by atoms with E-state index in [0.29, 0.717) is 17.0 Å². The zero-order valence-electron chi connectivity index (χ0n) is 18.0. The van der Waals surface area contributed by atoms with Crippen LogP contribution in [0.2, 0.25) is 0 Å². The lowest BCUT2D eigenvalue weighted by Crippen LogP contribution is -2.35. The highest BCUT2D eigenvalue weighted by molar-refractivity contribution is 5.73. The lowest BCUT2D eigenvalue weighted by atomic mass is 10.0. The normalized spacial score (nSPS) is 11.0. The number of aliphatic carboxylic acids is 4. The molecule has 0 spiro atoms. The third-order valence-electron chi connectivity index (χ3n) is 4.52. The van der Waals surface area contributed by atoms with Gasteiger partial charge in [-0.25, -0.2) is 0 Å². The van der Waals surface area contributed by atoms with Crippen LogP contribution in [0.3, 0.4) is 0 Å². The van der Waals surface area contributed by atoms with E-state index in [2.05, 4.69) is 4.98 Å². The van der Waals surface area contributed by atoms with Crippen LogP contribution in [0.1, 0.15) is 17.0 Å². The second-order valence-corrected chi connectivity index (χ2v) is 7.57. The van der Waals surface area contributed by atoms with Crippen LogP contribution < -0.4 is 0 Å². The number of benzene rings is 1. The summed E-state index contributed by atoms with van der Waals surface area (Å²) in [5.41, 5.74) is 3.30. The van der Waals surface area contributed by atoms with E-state index < -0.39 is 50.1 Å². The number of carboxylic acids is 4. The van der Waals surface area contributed by atoms with Crippen molar-refractivity contribution in [1.82, 2.24) is 14.8 Å². The van der Waals surface area contributed by atoms with Gasteiger partial charge in [0, 0.05) is 13.1 Å². The first-order valence-corrected chi connectivity index (χ1v) is 9.90. The van der Waals surface area contributed by atoms with Crippen molar-refractivity contribution in [1.29, 1.82) is 0 Å². The lowest BCUT2D eigenvalue weighted by molar-refractivity contribution is -0.144. The van der Waals surface area contributed by atoms with Crippen molar-refractivity contribution in [3.63, 3.8) is 0 Å². The minimum Gasteiger partial charge on any atom is -0.480 e. The van der Waals surface area contributed by atoms with Gasteiger partial charge in [0.25, 0.3) is 0 Å². The average molecular weight is 459 g/mol. The molecular formula is C22H25N3O8. The van der Waals surface area contributed by atoms with Gasteiger partial charge in [-0.05, 0) is 30.2 Å². The predicted molar refractivity (Wildman–Crippen MR) is 116 cm³/mol. The molecule has 2 aromatic rings. The first-order chi connectivity index (χ1) is 15.5. The number of hydrogen-bond acceptors (Lipinski definition) is 7. The fourth-order valence-electron chi connectivity index (χ4n) is 3.28. The fraction of sp³-hybridized carbons (Fsp3) is 0.318. The highest BCUT2D eigenvalue weighted by atomic mass is 16.4. The van der Waals surface area contributed by atoms with E-state index >= 15 is 0 Å². The van der Waals surface area contributed by atoms with Crippen LogP contribution in [-0.4, -0.2) is 85.3 Å². The second kappa shape index (κ2) is 11.7. The van der Waals surface area contributed by atoms with Gasteiger partial charge >= 0.3 is 23.9 Å². The van der Waals surface area contributed by atoms with E-state index in [1.165, 1.54) is 9.80 Å². The molecule has 0 fully saturated rings. The number of nitrogens with zero attached hydrogens (tertiary/aromatic N) is 3. The third-order valence-corrected chi connectivity index (χ3v) is 4.52. The zero-order chi connectivity index (χ0) is 24.5. The van der Waals surface area contributed by atoms with E-state index in [0.717, 1.165) is 11.1 Å². The Morgan fingerprint density at radius 1 is 0.667 bits per heavy atom. The smallest absolute Gasteiger partial charge is 0.317 e. The number of carbonyl (C=O) groups is 4. The van der Waals surface area contributed by atoms with Gasteiger partial charge in [-0.3, -0.25) is 34.0 Å². The van der Waals surface area contributed by atoms with Gasteiger partial charge in [0.1, 0.15) is 0 Å². The second-order valence-electron chi connectivity index (χ2n) is 7.57. The molecule has 0 amide bonds. The summed E-state index contributed by atoms with van der Waals surface area (Å²) in [5.74, 6) is -4.78. The molecule has 2 rings (SSSR count). The summed E-state index contributed by atoms with van der Waals surface area (Å²) in [7, 11) is 0. The van der Waals surface area contributed by atoms with Gasteiger partial charge in [-0.1, -0.05) is 29.8 Å². The molecule has 11 nitrogen and oxygen atoms in total. The summed E-state index contributed by atoms with van der Waals surface area (Å²) in [6.45, 7) is -0.278. The highest BCUT2D eigenvalue weighted by Gasteiger charge is 2.18. The van der Waals surface area contributed by atoms with Crippen molar-refractivity contribution in [3.8, 4) is 11.1 Å². The Hall–Kier alpha value is -3.83. The summed E-state index contributed by atoms with van der Waals surface area (Å²) in [5, 5.41) is 36.4. The lowest BCUT2D eigenvalue weighted by Gasteiger charge is -2.21. The number of hydrogen-bond donors (Lipinski definition) is 4. The maximum absolute atomic E-state index is 11.1. The summed E-state index contributed by atoms with van der Waals surface area (Å²) in [6.07, 6.45) is 0.